The largest absolute Gasteiger partial charge is 0.232 e. The molecule has 0 atom stereocenters. The Kier molecular flexibility index (Phi) is 2.72. The van der Waals surface area contributed by atoms with Gasteiger partial charge in [0.25, 0.3) is 0 Å². The van der Waals surface area contributed by atoms with Gasteiger partial charge >= 0.3 is 0 Å². The van der Waals surface area contributed by atoms with Crippen molar-refractivity contribution >= 4 is 27.5 Å². The van der Waals surface area contributed by atoms with Crippen LogP contribution in [-0.4, -0.2) is 0 Å². The molecule has 1 radical (unpaired) electrons. The molecule has 0 saturated heterocycles. The second kappa shape index (κ2) is 3.37. The molecule has 1 nitrogen and oxygen atoms in total. The van der Waals surface area contributed by atoms with E-state index in [1.807, 2.05) is 0 Å². The van der Waals surface area contributed by atoms with E-state index in [4.69, 9.17) is 11.6 Å². The van der Waals surface area contributed by atoms with Crippen molar-refractivity contribution in [2.45, 2.75) is 6.61 Å². The van der Waals surface area contributed by atoms with Gasteiger partial charge in [0.1, 0.15) is 6.61 Å². The highest BCUT2D eigenvalue weighted by atomic mass is 79.9. The van der Waals surface area contributed by atoms with Crippen LogP contribution in [0, 0.1) is 0 Å². The minimum atomic E-state index is -0.211. The first-order valence-corrected chi connectivity index (χ1v) is 3.93. The van der Waals surface area contributed by atoms with Crippen molar-refractivity contribution in [1.82, 2.24) is 0 Å². The van der Waals surface area contributed by atoms with E-state index < -0.39 is 0 Å². The highest BCUT2D eigenvalue weighted by Gasteiger charge is 1.97. The van der Waals surface area contributed by atoms with Crippen LogP contribution in [-0.2, 0) is 11.7 Å². The summed E-state index contributed by atoms with van der Waals surface area (Å²) in [6, 6.07) is 5.15. The summed E-state index contributed by atoms with van der Waals surface area (Å²) in [6.07, 6.45) is 0. The molecule has 0 fully saturated rings. The van der Waals surface area contributed by atoms with E-state index in [-0.39, 0.29) is 6.61 Å². The summed E-state index contributed by atoms with van der Waals surface area (Å²) in [5.74, 6) is 0. The zero-order valence-corrected chi connectivity index (χ0v) is 7.45. The third-order valence-electron chi connectivity index (χ3n) is 1.17. The Morgan fingerprint density at radius 3 is 2.70 bits per heavy atom. The Bertz CT molecular complexity index is 237. The Hall–Kier alpha value is -0.0500. The summed E-state index contributed by atoms with van der Waals surface area (Å²) in [4.78, 5) is 0. The van der Waals surface area contributed by atoms with Crippen LogP contribution >= 0.6 is 27.5 Å². The van der Waals surface area contributed by atoms with Gasteiger partial charge in [-0.3, -0.25) is 0 Å². The van der Waals surface area contributed by atoms with Crippen LogP contribution in [0.2, 0.25) is 5.02 Å². The number of halogens is 2. The van der Waals surface area contributed by atoms with Crippen molar-refractivity contribution in [3.8, 4) is 0 Å². The van der Waals surface area contributed by atoms with E-state index >= 15 is 0 Å². The van der Waals surface area contributed by atoms with Crippen molar-refractivity contribution in [2.24, 2.45) is 0 Å². The number of benzene rings is 1. The number of hydrogen-bond donors (Lipinski definition) is 0. The van der Waals surface area contributed by atoms with Crippen molar-refractivity contribution < 1.29 is 5.11 Å². The summed E-state index contributed by atoms with van der Waals surface area (Å²) in [5, 5.41) is 11.0. The lowest BCUT2D eigenvalue weighted by molar-refractivity contribution is 0.177. The summed E-state index contributed by atoms with van der Waals surface area (Å²) in [7, 11) is 0. The molecule has 0 N–H and O–H groups in total. The summed E-state index contributed by atoms with van der Waals surface area (Å²) in [5.41, 5.74) is 0.740. The van der Waals surface area contributed by atoms with Gasteiger partial charge in [-0.15, -0.1) is 0 Å². The lowest BCUT2D eigenvalue weighted by atomic mass is 10.2. The highest BCUT2D eigenvalue weighted by Crippen LogP contribution is 2.21. The quantitative estimate of drug-likeness (QED) is 0.693. The normalized spacial score (nSPS) is 9.90. The van der Waals surface area contributed by atoms with Gasteiger partial charge in [0, 0.05) is 9.50 Å². The van der Waals surface area contributed by atoms with Crippen LogP contribution < -0.4 is 0 Å². The molecule has 1 aromatic carbocycles. The smallest absolute Gasteiger partial charge is 0.108 e. The van der Waals surface area contributed by atoms with Crippen molar-refractivity contribution in [3.05, 3.63) is 33.3 Å². The number of rotatable bonds is 1. The molecule has 0 aliphatic rings. The van der Waals surface area contributed by atoms with Gasteiger partial charge in [-0.1, -0.05) is 33.6 Å². The van der Waals surface area contributed by atoms with E-state index in [2.05, 4.69) is 15.9 Å². The summed E-state index contributed by atoms with van der Waals surface area (Å²) < 4.78 is 0.787. The standard InChI is InChI=1S/C7H5BrClO/c8-7-3-6(9)2-1-5(7)4-10/h1-3H,4H2. The monoisotopic (exact) mass is 219 g/mol. The first-order chi connectivity index (χ1) is 4.74. The zero-order chi connectivity index (χ0) is 7.56. The number of hydrogen-bond acceptors (Lipinski definition) is 0. The van der Waals surface area contributed by atoms with E-state index in [1.165, 1.54) is 0 Å². The Morgan fingerprint density at radius 1 is 1.50 bits per heavy atom. The fourth-order valence-corrected chi connectivity index (χ4v) is 1.44. The minimum absolute atomic E-state index is 0.211. The topological polar surface area (TPSA) is 19.9 Å². The van der Waals surface area contributed by atoms with E-state index in [0.717, 1.165) is 10.0 Å². The molecular formula is C7H5BrClO. The molecule has 1 rings (SSSR count). The molecule has 0 heterocycles. The third kappa shape index (κ3) is 1.72. The maximum atomic E-state index is 10.4. The molecule has 0 bridgehead atoms. The van der Waals surface area contributed by atoms with E-state index in [0.29, 0.717) is 5.02 Å². The average Bonchev–Trinajstić information content (AvgIpc) is 1.88. The van der Waals surface area contributed by atoms with Gasteiger partial charge < -0.3 is 0 Å². The van der Waals surface area contributed by atoms with Gasteiger partial charge in [-0.25, -0.2) is 5.11 Å². The van der Waals surface area contributed by atoms with Gasteiger partial charge in [0.15, 0.2) is 0 Å². The molecule has 0 aliphatic carbocycles. The lowest BCUT2D eigenvalue weighted by Crippen LogP contribution is -1.81. The SMILES string of the molecule is [O]Cc1ccc(Cl)cc1Br. The van der Waals surface area contributed by atoms with Crippen molar-refractivity contribution in [2.75, 3.05) is 0 Å². The Morgan fingerprint density at radius 2 is 2.20 bits per heavy atom. The van der Waals surface area contributed by atoms with E-state index in [9.17, 15) is 5.11 Å². The molecule has 0 aliphatic heterocycles. The molecular weight excluding hydrogens is 215 g/mol. The second-order valence-electron chi connectivity index (χ2n) is 1.88. The van der Waals surface area contributed by atoms with Crippen molar-refractivity contribution in [3.63, 3.8) is 0 Å². The predicted octanol–water partition coefficient (Wildman–Crippen LogP) is 3.03. The predicted molar refractivity (Wildman–Crippen MR) is 43.5 cm³/mol. The van der Waals surface area contributed by atoms with Crippen molar-refractivity contribution in [1.29, 1.82) is 0 Å². The first-order valence-electron chi connectivity index (χ1n) is 2.76. The highest BCUT2D eigenvalue weighted by molar-refractivity contribution is 9.10. The molecule has 53 valence electrons. The second-order valence-corrected chi connectivity index (χ2v) is 3.17. The fourth-order valence-electron chi connectivity index (χ4n) is 0.639. The third-order valence-corrected chi connectivity index (χ3v) is 2.14. The molecule has 0 unspecified atom stereocenters. The minimum Gasteiger partial charge on any atom is -0.232 e. The van der Waals surface area contributed by atoms with Crippen LogP contribution in [0.4, 0.5) is 0 Å². The molecule has 0 spiro atoms. The van der Waals surface area contributed by atoms with Gasteiger partial charge in [0.2, 0.25) is 0 Å². The van der Waals surface area contributed by atoms with Crippen LogP contribution in [0.1, 0.15) is 5.56 Å². The lowest BCUT2D eigenvalue weighted by Gasteiger charge is -1.97. The summed E-state index contributed by atoms with van der Waals surface area (Å²) >= 11 is 8.86. The van der Waals surface area contributed by atoms with Crippen LogP contribution in [0.25, 0.3) is 0 Å². The molecule has 1 aromatic rings. The average molecular weight is 220 g/mol. The fraction of sp³-hybridized carbons (Fsp3) is 0.143. The molecule has 0 amide bonds. The van der Waals surface area contributed by atoms with Crippen LogP contribution in [0.5, 0.6) is 0 Å². The molecule has 0 aromatic heterocycles. The zero-order valence-electron chi connectivity index (χ0n) is 5.10. The molecule has 10 heavy (non-hydrogen) atoms. The Labute approximate surface area is 72.8 Å². The van der Waals surface area contributed by atoms with Crippen LogP contribution in [0.15, 0.2) is 22.7 Å². The maximum absolute atomic E-state index is 10.4. The van der Waals surface area contributed by atoms with Crippen LogP contribution in [0.3, 0.4) is 0 Å². The van der Waals surface area contributed by atoms with E-state index in [1.54, 1.807) is 18.2 Å². The Balaban J connectivity index is 3.07. The first kappa shape index (κ1) is 8.05. The summed E-state index contributed by atoms with van der Waals surface area (Å²) in [6.45, 7) is -0.211. The van der Waals surface area contributed by atoms with Gasteiger partial charge in [-0.2, -0.15) is 0 Å². The molecule has 3 heteroatoms. The van der Waals surface area contributed by atoms with Gasteiger partial charge in [-0.05, 0) is 17.7 Å². The maximum Gasteiger partial charge on any atom is 0.108 e. The van der Waals surface area contributed by atoms with Gasteiger partial charge in [0.05, 0.1) is 0 Å². The molecule has 0 saturated carbocycles.